The Hall–Kier alpha value is -1.92. The molecule has 1 rings (SSSR count). The lowest BCUT2D eigenvalue weighted by Crippen LogP contribution is -2.40. The molecule has 0 saturated carbocycles. The van der Waals surface area contributed by atoms with Gasteiger partial charge >= 0.3 is 5.97 Å². The molecule has 0 aliphatic rings. The number of esters is 1. The molecule has 0 heterocycles. The van der Waals surface area contributed by atoms with Crippen molar-refractivity contribution >= 4 is 11.8 Å². The van der Waals surface area contributed by atoms with Crippen LogP contribution < -0.4 is 10.1 Å². The van der Waals surface area contributed by atoms with Gasteiger partial charge in [-0.1, -0.05) is 11.6 Å². The molecule has 0 bridgehead atoms. The van der Waals surface area contributed by atoms with Gasteiger partial charge in [-0.25, -0.2) is 0 Å². The number of ether oxygens (including phenoxy) is 2. The topological polar surface area (TPSA) is 84.9 Å². The maximum absolute atomic E-state index is 12.6. The van der Waals surface area contributed by atoms with Crippen LogP contribution in [0, 0.1) is 6.92 Å². The molecule has 1 aromatic carbocycles. The van der Waals surface area contributed by atoms with E-state index in [2.05, 4.69) is 10.1 Å². The summed E-state index contributed by atoms with van der Waals surface area (Å²) in [5, 5.41) is 11.7. The first-order valence-electron chi connectivity index (χ1n) is 6.63. The maximum Gasteiger partial charge on any atom is 0.307 e. The summed E-state index contributed by atoms with van der Waals surface area (Å²) in [7, 11) is 2.75. The van der Waals surface area contributed by atoms with Crippen LogP contribution in [0.15, 0.2) is 18.2 Å². The molecular formula is C15H21NO5. The van der Waals surface area contributed by atoms with E-state index in [4.69, 9.17) is 9.84 Å². The lowest BCUT2D eigenvalue weighted by atomic mass is 9.99. The fourth-order valence-corrected chi connectivity index (χ4v) is 1.95. The number of Topliss-reactive ketones (excluding diaryl/α,β-unsaturated/α-hetero) is 1. The lowest BCUT2D eigenvalue weighted by molar-refractivity contribution is -0.141. The normalized spacial score (nSPS) is 11.8. The van der Waals surface area contributed by atoms with Crippen molar-refractivity contribution < 1.29 is 24.2 Å². The molecule has 2 N–H and O–H groups in total. The van der Waals surface area contributed by atoms with Crippen LogP contribution in [0.25, 0.3) is 0 Å². The van der Waals surface area contributed by atoms with Crippen molar-refractivity contribution in [3.63, 3.8) is 0 Å². The SMILES string of the molecule is COC(=O)CC(NCCO)C(=O)c1cc(C)ccc1OC. The molecule has 1 aromatic rings. The Balaban J connectivity index is 3.03. The fourth-order valence-electron chi connectivity index (χ4n) is 1.95. The average Bonchev–Trinajstić information content (AvgIpc) is 2.50. The zero-order valence-corrected chi connectivity index (χ0v) is 12.5. The number of methoxy groups -OCH3 is 2. The standard InChI is InChI=1S/C15H21NO5/c1-10-4-5-13(20-2)11(8-10)15(19)12(16-6-7-17)9-14(18)21-3/h4-5,8,12,16-17H,6-7,9H2,1-3H3. The van der Waals surface area contributed by atoms with Gasteiger partial charge < -0.3 is 19.9 Å². The van der Waals surface area contributed by atoms with Gasteiger partial charge in [0.15, 0.2) is 5.78 Å². The Labute approximate surface area is 124 Å². The molecule has 21 heavy (non-hydrogen) atoms. The van der Waals surface area contributed by atoms with E-state index in [1.165, 1.54) is 14.2 Å². The summed E-state index contributed by atoms with van der Waals surface area (Å²) in [6, 6.07) is 4.50. The van der Waals surface area contributed by atoms with Gasteiger partial charge in [-0.3, -0.25) is 9.59 Å². The van der Waals surface area contributed by atoms with Crippen LogP contribution in [0.1, 0.15) is 22.3 Å². The number of benzene rings is 1. The lowest BCUT2D eigenvalue weighted by Gasteiger charge is -2.18. The Morgan fingerprint density at radius 3 is 2.62 bits per heavy atom. The first-order valence-corrected chi connectivity index (χ1v) is 6.63. The molecule has 0 saturated heterocycles. The second kappa shape index (κ2) is 8.39. The van der Waals surface area contributed by atoms with Crippen molar-refractivity contribution in [3.8, 4) is 5.75 Å². The molecule has 0 spiro atoms. The van der Waals surface area contributed by atoms with E-state index in [0.717, 1.165) is 5.56 Å². The molecule has 0 amide bonds. The number of rotatable bonds is 8. The van der Waals surface area contributed by atoms with E-state index in [1.807, 2.05) is 13.0 Å². The van der Waals surface area contributed by atoms with E-state index < -0.39 is 12.0 Å². The van der Waals surface area contributed by atoms with Crippen molar-refractivity contribution in [2.45, 2.75) is 19.4 Å². The zero-order valence-electron chi connectivity index (χ0n) is 12.5. The van der Waals surface area contributed by atoms with Gasteiger partial charge in [-0.2, -0.15) is 0 Å². The van der Waals surface area contributed by atoms with Crippen molar-refractivity contribution in [3.05, 3.63) is 29.3 Å². The van der Waals surface area contributed by atoms with Crippen LogP contribution in [0.5, 0.6) is 5.75 Å². The van der Waals surface area contributed by atoms with Crippen molar-refractivity contribution in [2.24, 2.45) is 0 Å². The quantitative estimate of drug-likeness (QED) is 0.542. The number of ketones is 1. The fraction of sp³-hybridized carbons (Fsp3) is 0.467. The van der Waals surface area contributed by atoms with Crippen LogP contribution in [-0.4, -0.2) is 50.3 Å². The second-order valence-electron chi connectivity index (χ2n) is 4.58. The first-order chi connectivity index (χ1) is 10.0. The van der Waals surface area contributed by atoms with Crippen LogP contribution in [0.4, 0.5) is 0 Å². The average molecular weight is 295 g/mol. The summed E-state index contributed by atoms with van der Waals surface area (Å²) in [6.07, 6.45) is -0.105. The van der Waals surface area contributed by atoms with Gasteiger partial charge in [0.1, 0.15) is 5.75 Å². The summed E-state index contributed by atoms with van der Waals surface area (Å²) in [4.78, 5) is 24.0. The van der Waals surface area contributed by atoms with Crippen molar-refractivity contribution in [1.29, 1.82) is 0 Å². The zero-order chi connectivity index (χ0) is 15.8. The van der Waals surface area contributed by atoms with Gasteiger partial charge in [0, 0.05) is 6.54 Å². The van der Waals surface area contributed by atoms with Crippen LogP contribution >= 0.6 is 0 Å². The van der Waals surface area contributed by atoms with E-state index >= 15 is 0 Å². The first kappa shape index (κ1) is 17.1. The number of carbonyl (C=O) groups excluding carboxylic acids is 2. The Morgan fingerprint density at radius 1 is 1.33 bits per heavy atom. The summed E-state index contributed by atoms with van der Waals surface area (Å²) < 4.78 is 9.80. The molecule has 6 nitrogen and oxygen atoms in total. The Bertz CT molecular complexity index is 501. The van der Waals surface area contributed by atoms with Gasteiger partial charge in [0.2, 0.25) is 0 Å². The minimum Gasteiger partial charge on any atom is -0.496 e. The van der Waals surface area contributed by atoms with Gasteiger partial charge in [0.05, 0.1) is 38.9 Å². The molecule has 116 valence electrons. The third-order valence-electron chi connectivity index (χ3n) is 3.04. The molecule has 0 aliphatic carbocycles. The number of carbonyl (C=O) groups is 2. The summed E-state index contributed by atoms with van der Waals surface area (Å²) >= 11 is 0. The van der Waals surface area contributed by atoms with E-state index in [-0.39, 0.29) is 25.4 Å². The van der Waals surface area contributed by atoms with Gasteiger partial charge in [0.25, 0.3) is 0 Å². The second-order valence-corrected chi connectivity index (χ2v) is 4.58. The molecule has 0 radical (unpaired) electrons. The summed E-state index contributed by atoms with van der Waals surface area (Å²) in [6.45, 7) is 1.95. The predicted molar refractivity (Wildman–Crippen MR) is 77.6 cm³/mol. The highest BCUT2D eigenvalue weighted by atomic mass is 16.5. The highest BCUT2D eigenvalue weighted by Gasteiger charge is 2.25. The number of aliphatic hydroxyl groups excluding tert-OH is 1. The largest absolute Gasteiger partial charge is 0.496 e. The maximum atomic E-state index is 12.6. The number of aryl methyl sites for hydroxylation is 1. The van der Waals surface area contributed by atoms with Crippen LogP contribution in [0.2, 0.25) is 0 Å². The van der Waals surface area contributed by atoms with Crippen LogP contribution in [-0.2, 0) is 9.53 Å². The molecule has 0 aliphatic heterocycles. The minimum atomic E-state index is -0.764. The van der Waals surface area contributed by atoms with E-state index in [0.29, 0.717) is 11.3 Å². The highest BCUT2D eigenvalue weighted by Crippen LogP contribution is 2.22. The Morgan fingerprint density at radius 2 is 2.05 bits per heavy atom. The summed E-state index contributed by atoms with van der Waals surface area (Å²) in [5.74, 6) is -0.314. The third-order valence-corrected chi connectivity index (χ3v) is 3.04. The van der Waals surface area contributed by atoms with Crippen molar-refractivity contribution in [2.75, 3.05) is 27.4 Å². The van der Waals surface area contributed by atoms with Gasteiger partial charge in [-0.05, 0) is 19.1 Å². The third kappa shape index (κ3) is 4.84. The monoisotopic (exact) mass is 295 g/mol. The smallest absolute Gasteiger partial charge is 0.307 e. The van der Waals surface area contributed by atoms with Gasteiger partial charge in [-0.15, -0.1) is 0 Å². The van der Waals surface area contributed by atoms with Crippen LogP contribution in [0.3, 0.4) is 0 Å². The number of hydrogen-bond donors (Lipinski definition) is 2. The van der Waals surface area contributed by atoms with E-state index in [1.54, 1.807) is 12.1 Å². The number of hydrogen-bond acceptors (Lipinski definition) is 6. The Kier molecular flexibility index (Phi) is 6.84. The number of nitrogens with one attached hydrogen (secondary N) is 1. The molecule has 6 heteroatoms. The van der Waals surface area contributed by atoms with Crippen molar-refractivity contribution in [1.82, 2.24) is 5.32 Å². The van der Waals surface area contributed by atoms with E-state index in [9.17, 15) is 9.59 Å². The molecule has 0 aromatic heterocycles. The molecule has 1 unspecified atom stereocenters. The predicted octanol–water partition coefficient (Wildman–Crippen LogP) is 0.700. The highest BCUT2D eigenvalue weighted by molar-refractivity contribution is 6.04. The minimum absolute atomic E-state index is 0.105. The molecular weight excluding hydrogens is 274 g/mol. The molecule has 0 fully saturated rings. The number of aliphatic hydroxyl groups is 1. The molecule has 1 atom stereocenters. The summed E-state index contributed by atoms with van der Waals surface area (Å²) in [5.41, 5.74) is 1.31.